The van der Waals surface area contributed by atoms with Crippen molar-refractivity contribution < 1.29 is 76.9 Å². The van der Waals surface area contributed by atoms with E-state index in [4.69, 9.17) is 33.2 Å². The summed E-state index contributed by atoms with van der Waals surface area (Å²) in [5.74, 6) is -7.81. The van der Waals surface area contributed by atoms with E-state index in [2.05, 4.69) is 5.32 Å². The molecule has 4 fully saturated rings. The quantitative estimate of drug-likeness (QED) is 0.122. The number of Topliss-reactive ketones (excluding diaryl/α,β-unsaturated/α-hetero) is 1. The molecule has 0 aromatic heterocycles. The molecular formula is C52H57NO16. The normalized spacial score (nSPS) is 31.3. The number of amides is 1. The van der Waals surface area contributed by atoms with Gasteiger partial charge in [0.05, 0.1) is 35.1 Å². The first kappa shape index (κ1) is 49.2. The van der Waals surface area contributed by atoms with Crippen LogP contribution in [0.25, 0.3) is 0 Å². The molecule has 3 saturated carbocycles. The van der Waals surface area contributed by atoms with Gasteiger partial charge in [-0.1, -0.05) is 80.6 Å². The highest BCUT2D eigenvalue weighted by atomic mass is 16.6. The molecule has 1 saturated heterocycles. The number of carbonyl (C=O) groups is 7. The van der Waals surface area contributed by atoms with Crippen molar-refractivity contribution in [3.8, 4) is 0 Å². The first-order valence-electron chi connectivity index (χ1n) is 22.9. The lowest BCUT2D eigenvalue weighted by Crippen LogP contribution is -2.82. The summed E-state index contributed by atoms with van der Waals surface area (Å²) in [4.78, 5) is 99.4. The van der Waals surface area contributed by atoms with Crippen molar-refractivity contribution in [2.45, 2.75) is 127 Å². The van der Waals surface area contributed by atoms with Gasteiger partial charge in [0.2, 0.25) is 6.10 Å². The highest BCUT2D eigenvalue weighted by Gasteiger charge is 2.78. The number of aliphatic hydroxyl groups excluding tert-OH is 1. The molecular weight excluding hydrogens is 895 g/mol. The number of ether oxygens (including phenoxy) is 7. The third-order valence-electron chi connectivity index (χ3n) is 15.1. The van der Waals surface area contributed by atoms with Crippen molar-refractivity contribution >= 4 is 41.5 Å². The Labute approximate surface area is 398 Å². The molecule has 8 rings (SSSR count). The second kappa shape index (κ2) is 18.2. The molecule has 17 heteroatoms. The Balaban J connectivity index is 1.28. The molecule has 3 aromatic carbocycles. The average molecular weight is 952 g/mol. The largest absolute Gasteiger partial charge is 0.455 e. The van der Waals surface area contributed by atoms with Crippen LogP contribution in [-0.4, -0.2) is 119 Å². The highest BCUT2D eigenvalue weighted by molar-refractivity contribution is 5.97. The van der Waals surface area contributed by atoms with E-state index < -0.39 is 124 Å². The zero-order chi connectivity index (χ0) is 49.8. The lowest BCUT2D eigenvalue weighted by molar-refractivity contribution is -0.346. The summed E-state index contributed by atoms with van der Waals surface area (Å²) in [6.45, 7) is 7.94. The Kier molecular flexibility index (Phi) is 13.0. The smallest absolute Gasteiger partial charge is 0.350 e. The average Bonchev–Trinajstić information content (AvgIpc) is 4.09. The molecule has 0 spiro atoms. The SMILES string of the molecule is CO[C@H](C(=O)O[C@H](C(=O)O[C@H]1C[C@@]2(O)[C@@H](OC(=O)c3ccccc3)[C@@H]3[C@]4(OC(C)=O)CO[C@@H]4C[C@@H](O)[C@@]3(C)C(=O)[C@H](OC(C)=O)C(=C1C)C2(C)C)C1(NC(=O)c2ccccc2)CC1)c1ccccc1. The van der Waals surface area contributed by atoms with E-state index >= 15 is 9.59 Å². The molecule has 3 aromatic rings. The van der Waals surface area contributed by atoms with Crippen LogP contribution in [0, 0.1) is 16.7 Å². The number of aliphatic hydroxyl groups is 2. The molecule has 11 atom stereocenters. The lowest BCUT2D eigenvalue weighted by Gasteiger charge is -2.67. The fourth-order valence-corrected chi connectivity index (χ4v) is 11.3. The predicted octanol–water partition coefficient (Wildman–Crippen LogP) is 4.47. The first-order chi connectivity index (χ1) is 32.6. The maximum atomic E-state index is 15.7. The Bertz CT molecular complexity index is 2560. The summed E-state index contributed by atoms with van der Waals surface area (Å²) in [6.07, 6.45) is -11.5. The minimum atomic E-state index is -2.44. The van der Waals surface area contributed by atoms with Gasteiger partial charge in [0.15, 0.2) is 23.6 Å². The van der Waals surface area contributed by atoms with Crippen LogP contribution in [-0.2, 0) is 57.1 Å². The summed E-state index contributed by atoms with van der Waals surface area (Å²) in [5, 5.41) is 29.0. The number of benzene rings is 3. The van der Waals surface area contributed by atoms with Crippen molar-refractivity contribution in [2.75, 3.05) is 13.7 Å². The number of hydrogen-bond donors (Lipinski definition) is 3. The molecule has 366 valence electrons. The van der Waals surface area contributed by atoms with Crippen molar-refractivity contribution in [3.63, 3.8) is 0 Å². The Morgan fingerprint density at radius 3 is 1.93 bits per heavy atom. The molecule has 2 bridgehead atoms. The molecule has 0 radical (unpaired) electrons. The minimum absolute atomic E-state index is 0.0222. The third kappa shape index (κ3) is 8.32. The zero-order valence-corrected chi connectivity index (χ0v) is 39.4. The number of hydrogen-bond acceptors (Lipinski definition) is 16. The van der Waals surface area contributed by atoms with Crippen LogP contribution in [0.15, 0.2) is 102 Å². The zero-order valence-electron chi connectivity index (χ0n) is 39.4. The predicted molar refractivity (Wildman–Crippen MR) is 241 cm³/mol. The number of carbonyl (C=O) groups excluding carboxylic acids is 7. The van der Waals surface area contributed by atoms with Crippen molar-refractivity contribution in [1.29, 1.82) is 0 Å². The third-order valence-corrected chi connectivity index (χ3v) is 15.1. The lowest BCUT2D eigenvalue weighted by atomic mass is 9.44. The highest BCUT2D eigenvalue weighted by Crippen LogP contribution is 2.64. The van der Waals surface area contributed by atoms with Crippen molar-refractivity contribution in [3.05, 3.63) is 119 Å². The van der Waals surface area contributed by atoms with Crippen LogP contribution >= 0.6 is 0 Å². The maximum absolute atomic E-state index is 15.7. The number of ketones is 1. The monoisotopic (exact) mass is 951 g/mol. The standard InChI is InChI=1S/C52H57NO16/c1-28-34(66-47(61)43(68-46(60)38(63-7)31-17-11-8-12-18-31)50(23-24-50)53-44(58)32-19-13-9-14-20-32)26-52(62)42(67-45(59)33-21-15-10-16-22-33)40-49(6,35(56)25-36-51(40,27-64-36)69-30(3)55)41(57)39(65-29(2)54)37(28)48(52,4)5/h8-22,34-36,38-40,42-43,56,62H,23-27H2,1-7H3,(H,53,58)/t34-,35+,36+,38-,39+,40-,42-,43+,49+,51-,52+/m0/s1. The van der Waals surface area contributed by atoms with Crippen LogP contribution in [0.5, 0.6) is 0 Å². The van der Waals surface area contributed by atoms with Crippen LogP contribution in [0.2, 0.25) is 0 Å². The summed E-state index contributed by atoms with van der Waals surface area (Å²) in [7, 11) is 1.29. The van der Waals surface area contributed by atoms with Crippen LogP contribution < -0.4 is 5.32 Å². The van der Waals surface area contributed by atoms with Gasteiger partial charge < -0.3 is 48.7 Å². The van der Waals surface area contributed by atoms with Gasteiger partial charge in [-0.25, -0.2) is 14.4 Å². The topological polar surface area (TPSA) is 237 Å². The van der Waals surface area contributed by atoms with Crippen molar-refractivity contribution in [2.24, 2.45) is 16.7 Å². The fraction of sp³-hybridized carbons (Fsp3) is 0.481. The van der Waals surface area contributed by atoms with Gasteiger partial charge in [0.1, 0.15) is 23.9 Å². The minimum Gasteiger partial charge on any atom is -0.455 e. The number of nitrogens with one attached hydrogen (secondary N) is 1. The van der Waals surface area contributed by atoms with E-state index in [-0.39, 0.29) is 48.1 Å². The first-order valence-corrected chi connectivity index (χ1v) is 22.9. The van der Waals surface area contributed by atoms with Crippen LogP contribution in [0.1, 0.15) is 99.6 Å². The molecule has 0 unspecified atom stereocenters. The molecule has 1 amide bonds. The molecule has 5 aliphatic rings. The van der Waals surface area contributed by atoms with Crippen molar-refractivity contribution in [1.82, 2.24) is 5.32 Å². The molecule has 1 aliphatic heterocycles. The summed E-state index contributed by atoms with van der Waals surface area (Å²) in [5.41, 5.74) is -8.65. The van der Waals surface area contributed by atoms with E-state index in [0.717, 1.165) is 13.8 Å². The Morgan fingerprint density at radius 1 is 0.797 bits per heavy atom. The maximum Gasteiger partial charge on any atom is 0.350 e. The van der Waals surface area contributed by atoms with Crippen LogP contribution in [0.3, 0.4) is 0 Å². The molecule has 69 heavy (non-hydrogen) atoms. The number of rotatable bonds is 13. The van der Waals surface area contributed by atoms with Gasteiger partial charge in [-0.15, -0.1) is 0 Å². The van der Waals surface area contributed by atoms with Gasteiger partial charge in [-0.05, 0) is 67.7 Å². The number of methoxy groups -OCH3 is 1. The number of esters is 5. The van der Waals surface area contributed by atoms with Gasteiger partial charge in [-0.3, -0.25) is 19.2 Å². The number of fused-ring (bicyclic) bond motifs is 5. The van der Waals surface area contributed by atoms with Gasteiger partial charge in [-0.2, -0.15) is 0 Å². The van der Waals surface area contributed by atoms with E-state index in [0.29, 0.717) is 5.56 Å². The molecule has 4 aliphatic carbocycles. The second-order valence-electron chi connectivity index (χ2n) is 19.5. The summed E-state index contributed by atoms with van der Waals surface area (Å²) >= 11 is 0. The van der Waals surface area contributed by atoms with E-state index in [9.17, 15) is 34.2 Å². The molecule has 3 N–H and O–H groups in total. The summed E-state index contributed by atoms with van der Waals surface area (Å²) < 4.78 is 42.4. The van der Waals surface area contributed by atoms with E-state index in [1.165, 1.54) is 33.1 Å². The Morgan fingerprint density at radius 2 is 1.39 bits per heavy atom. The molecule has 1 heterocycles. The second-order valence-corrected chi connectivity index (χ2v) is 19.5. The Hall–Kier alpha value is -6.27. The summed E-state index contributed by atoms with van der Waals surface area (Å²) in [6, 6.07) is 24.4. The van der Waals surface area contributed by atoms with Gasteiger partial charge in [0.25, 0.3) is 5.91 Å². The van der Waals surface area contributed by atoms with Crippen LogP contribution in [0.4, 0.5) is 0 Å². The fourth-order valence-electron chi connectivity index (χ4n) is 11.3. The van der Waals surface area contributed by atoms with E-state index in [1.54, 1.807) is 92.7 Å². The molecule has 17 nitrogen and oxygen atoms in total. The van der Waals surface area contributed by atoms with E-state index in [1.807, 2.05) is 0 Å². The van der Waals surface area contributed by atoms with Gasteiger partial charge >= 0.3 is 29.8 Å². The van der Waals surface area contributed by atoms with Gasteiger partial charge in [0, 0.05) is 44.8 Å².